The molecule has 0 saturated carbocycles. The number of hydrogen-bond acceptors (Lipinski definition) is 5. The van der Waals surface area contributed by atoms with Crippen LogP contribution in [-0.2, 0) is 18.3 Å². The maximum Gasteiger partial charge on any atom is 0.338 e. The Bertz CT molecular complexity index is 466. The van der Waals surface area contributed by atoms with E-state index in [4.69, 9.17) is 13.8 Å². The Morgan fingerprint density at radius 2 is 1.81 bits per heavy atom. The van der Waals surface area contributed by atoms with E-state index in [1.54, 1.807) is 24.3 Å². The molecule has 0 heterocycles. The molecule has 0 fully saturated rings. The van der Waals surface area contributed by atoms with E-state index in [0.717, 1.165) is 12.8 Å². The second kappa shape index (κ2) is 8.98. The summed E-state index contributed by atoms with van der Waals surface area (Å²) in [6.45, 7) is 2.04. The molecule has 0 aliphatic rings. The Hall–Kier alpha value is -1.16. The van der Waals surface area contributed by atoms with E-state index < -0.39 is 19.7 Å². The molecule has 0 amide bonds. The molecule has 1 aromatic carbocycles. The zero-order chi connectivity index (χ0) is 15.7. The van der Waals surface area contributed by atoms with Crippen molar-refractivity contribution in [2.45, 2.75) is 32.3 Å². The number of benzene rings is 1. The van der Waals surface area contributed by atoms with Crippen molar-refractivity contribution in [1.82, 2.24) is 0 Å². The van der Waals surface area contributed by atoms with Gasteiger partial charge in [-0.1, -0.05) is 38.0 Å². The zero-order valence-electron chi connectivity index (χ0n) is 12.8. The van der Waals surface area contributed by atoms with Gasteiger partial charge in [0.25, 0.3) is 0 Å². The van der Waals surface area contributed by atoms with Gasteiger partial charge in [-0.25, -0.2) is 4.79 Å². The lowest BCUT2D eigenvalue weighted by Crippen LogP contribution is -2.23. The average molecular weight is 314 g/mol. The summed E-state index contributed by atoms with van der Waals surface area (Å²) in [6, 6.07) is 8.74. The minimum Gasteiger partial charge on any atom is -0.458 e. The second-order valence-corrected chi connectivity index (χ2v) is 7.01. The van der Waals surface area contributed by atoms with E-state index in [2.05, 4.69) is 0 Å². The van der Waals surface area contributed by atoms with Crippen LogP contribution in [0.15, 0.2) is 30.3 Å². The summed E-state index contributed by atoms with van der Waals surface area (Å²) < 4.78 is 27.5. The highest BCUT2D eigenvalue weighted by Crippen LogP contribution is 2.47. The second-order valence-electron chi connectivity index (χ2n) is 4.69. The van der Waals surface area contributed by atoms with Gasteiger partial charge in [0.2, 0.25) is 0 Å². The highest BCUT2D eigenvalue weighted by atomic mass is 31.2. The van der Waals surface area contributed by atoms with Crippen LogP contribution >= 0.6 is 7.60 Å². The maximum absolute atomic E-state index is 12.2. The van der Waals surface area contributed by atoms with Gasteiger partial charge in [0.15, 0.2) is 0 Å². The molecule has 1 rings (SSSR count). The quantitative estimate of drug-likeness (QED) is 0.511. The molecular formula is C15H23O5P. The lowest BCUT2D eigenvalue weighted by Gasteiger charge is -2.21. The fraction of sp³-hybridized carbons (Fsp3) is 0.533. The molecule has 5 nitrogen and oxygen atoms in total. The minimum atomic E-state index is -3.20. The molecule has 0 bridgehead atoms. The standard InChI is InChI=1S/C15H23O5P/c1-4-5-11-14(12-21(17,18-2)19-3)20-15(16)13-9-7-6-8-10-13/h6-10,14H,4-5,11-12H2,1-3H3/t14-/m1/s1. The predicted molar refractivity (Wildman–Crippen MR) is 81.7 cm³/mol. The van der Waals surface area contributed by atoms with Crippen molar-refractivity contribution in [2.24, 2.45) is 0 Å². The zero-order valence-corrected chi connectivity index (χ0v) is 13.7. The van der Waals surface area contributed by atoms with Crippen molar-refractivity contribution in [3.8, 4) is 0 Å². The third kappa shape index (κ3) is 6.00. The van der Waals surface area contributed by atoms with Crippen LogP contribution in [0.4, 0.5) is 0 Å². The van der Waals surface area contributed by atoms with Crippen LogP contribution < -0.4 is 0 Å². The molecule has 0 spiro atoms. The molecule has 1 aromatic rings. The van der Waals surface area contributed by atoms with Crippen molar-refractivity contribution in [3.63, 3.8) is 0 Å². The highest BCUT2D eigenvalue weighted by Gasteiger charge is 2.29. The monoisotopic (exact) mass is 314 g/mol. The molecule has 21 heavy (non-hydrogen) atoms. The van der Waals surface area contributed by atoms with Gasteiger partial charge in [-0.15, -0.1) is 0 Å². The molecule has 0 aliphatic heterocycles. The molecule has 0 N–H and O–H groups in total. The van der Waals surface area contributed by atoms with E-state index in [1.807, 2.05) is 13.0 Å². The average Bonchev–Trinajstić information content (AvgIpc) is 2.53. The minimum absolute atomic E-state index is 0.0680. The van der Waals surface area contributed by atoms with E-state index >= 15 is 0 Å². The Morgan fingerprint density at radius 1 is 1.19 bits per heavy atom. The SMILES string of the molecule is CCCC[C@H](CP(=O)(OC)OC)OC(=O)c1ccccc1. The first-order valence-electron chi connectivity index (χ1n) is 7.01. The van der Waals surface area contributed by atoms with E-state index in [1.165, 1.54) is 14.2 Å². The van der Waals surface area contributed by atoms with Gasteiger partial charge in [0.05, 0.1) is 11.7 Å². The van der Waals surface area contributed by atoms with Gasteiger partial charge < -0.3 is 13.8 Å². The normalized spacial score (nSPS) is 12.9. The summed E-state index contributed by atoms with van der Waals surface area (Å²) in [7, 11) is -0.535. The van der Waals surface area contributed by atoms with Crippen molar-refractivity contribution in [3.05, 3.63) is 35.9 Å². The summed E-state index contributed by atoms with van der Waals surface area (Å²) in [5, 5.41) is 0. The molecule has 0 saturated heterocycles. The number of hydrogen-bond donors (Lipinski definition) is 0. The van der Waals surface area contributed by atoms with E-state index in [9.17, 15) is 9.36 Å². The lowest BCUT2D eigenvalue weighted by atomic mass is 10.2. The molecule has 0 aliphatic carbocycles. The predicted octanol–water partition coefficient (Wildman–Crippen LogP) is 3.89. The first-order valence-corrected chi connectivity index (χ1v) is 8.74. The molecule has 0 unspecified atom stereocenters. The van der Waals surface area contributed by atoms with Gasteiger partial charge in [0.1, 0.15) is 6.10 Å². The summed E-state index contributed by atoms with van der Waals surface area (Å²) in [5.74, 6) is -0.421. The van der Waals surface area contributed by atoms with Crippen molar-refractivity contribution < 1.29 is 23.1 Å². The highest BCUT2D eigenvalue weighted by molar-refractivity contribution is 7.53. The van der Waals surface area contributed by atoms with Crippen molar-refractivity contribution >= 4 is 13.6 Å². The van der Waals surface area contributed by atoms with Crippen molar-refractivity contribution in [1.29, 1.82) is 0 Å². The first-order chi connectivity index (χ1) is 10.0. The Kier molecular flexibility index (Phi) is 7.65. The van der Waals surface area contributed by atoms with Crippen LogP contribution in [0.1, 0.15) is 36.5 Å². The van der Waals surface area contributed by atoms with Crippen LogP contribution in [0.2, 0.25) is 0 Å². The van der Waals surface area contributed by atoms with Gasteiger partial charge in [-0.2, -0.15) is 0 Å². The summed E-state index contributed by atoms with van der Waals surface area (Å²) in [6.07, 6.45) is 2.05. The molecule has 118 valence electrons. The third-order valence-corrected chi connectivity index (χ3v) is 5.11. The van der Waals surface area contributed by atoms with Crippen LogP contribution in [0.3, 0.4) is 0 Å². The number of rotatable bonds is 9. The number of carbonyl (C=O) groups is 1. The van der Waals surface area contributed by atoms with Gasteiger partial charge in [-0.05, 0) is 18.6 Å². The largest absolute Gasteiger partial charge is 0.458 e. The number of carbonyl (C=O) groups excluding carboxylic acids is 1. The Balaban J connectivity index is 2.74. The molecular weight excluding hydrogens is 291 g/mol. The molecule has 6 heteroatoms. The van der Waals surface area contributed by atoms with Gasteiger partial charge in [-0.3, -0.25) is 4.57 Å². The Labute approximate surface area is 126 Å². The molecule has 0 radical (unpaired) electrons. The lowest BCUT2D eigenvalue weighted by molar-refractivity contribution is 0.0315. The molecule has 1 atom stereocenters. The smallest absolute Gasteiger partial charge is 0.338 e. The third-order valence-electron chi connectivity index (χ3n) is 3.15. The van der Waals surface area contributed by atoms with Crippen LogP contribution in [0.5, 0.6) is 0 Å². The van der Waals surface area contributed by atoms with E-state index in [0.29, 0.717) is 12.0 Å². The Morgan fingerprint density at radius 3 is 2.33 bits per heavy atom. The fourth-order valence-corrected chi connectivity index (χ4v) is 3.09. The molecule has 0 aromatic heterocycles. The summed E-state index contributed by atoms with van der Waals surface area (Å²) >= 11 is 0. The number of esters is 1. The summed E-state index contributed by atoms with van der Waals surface area (Å²) in [5.41, 5.74) is 0.476. The number of unbranched alkanes of at least 4 members (excludes halogenated alkanes) is 1. The first kappa shape index (κ1) is 17.9. The number of ether oxygens (including phenoxy) is 1. The van der Waals surface area contributed by atoms with Crippen LogP contribution in [0.25, 0.3) is 0 Å². The van der Waals surface area contributed by atoms with Crippen LogP contribution in [-0.4, -0.2) is 32.5 Å². The topological polar surface area (TPSA) is 61.8 Å². The maximum atomic E-state index is 12.2. The van der Waals surface area contributed by atoms with Gasteiger partial charge in [0, 0.05) is 14.2 Å². The van der Waals surface area contributed by atoms with Gasteiger partial charge >= 0.3 is 13.6 Å². The van der Waals surface area contributed by atoms with E-state index in [-0.39, 0.29) is 6.16 Å². The fourth-order valence-electron chi connectivity index (χ4n) is 1.89. The summed E-state index contributed by atoms with van der Waals surface area (Å²) in [4.78, 5) is 12.1. The van der Waals surface area contributed by atoms with Crippen LogP contribution in [0, 0.1) is 0 Å². The van der Waals surface area contributed by atoms with Crippen molar-refractivity contribution in [2.75, 3.05) is 20.4 Å².